The van der Waals surface area contributed by atoms with Gasteiger partial charge in [0.25, 0.3) is 5.91 Å². The second-order valence-corrected chi connectivity index (χ2v) is 8.77. The topological polar surface area (TPSA) is 36.0 Å². The van der Waals surface area contributed by atoms with Gasteiger partial charge in [-0.05, 0) is 56.2 Å². The van der Waals surface area contributed by atoms with Gasteiger partial charge >= 0.3 is 0 Å². The molecular formula is C25H33N3O2. The number of amides is 1. The summed E-state index contributed by atoms with van der Waals surface area (Å²) in [4.78, 5) is 19.7. The molecule has 5 nitrogen and oxygen atoms in total. The predicted octanol–water partition coefficient (Wildman–Crippen LogP) is 3.57. The highest BCUT2D eigenvalue weighted by atomic mass is 16.5. The maximum atomic E-state index is 13.0. The van der Waals surface area contributed by atoms with Gasteiger partial charge < -0.3 is 14.5 Å². The van der Waals surface area contributed by atoms with E-state index in [1.165, 1.54) is 16.8 Å². The SMILES string of the molecule is Cc1cccc(N2CCN(C(=O)c3ccc(CN4C[C@@H](C)O[C@@H](C)C4)cc3)CC2)c1. The molecule has 0 aliphatic carbocycles. The van der Waals surface area contributed by atoms with Crippen molar-refractivity contribution < 1.29 is 9.53 Å². The minimum absolute atomic E-state index is 0.138. The van der Waals surface area contributed by atoms with Crippen molar-refractivity contribution >= 4 is 11.6 Å². The van der Waals surface area contributed by atoms with Crippen LogP contribution >= 0.6 is 0 Å². The zero-order valence-corrected chi connectivity index (χ0v) is 18.4. The normalized spacial score (nSPS) is 22.9. The number of piperazine rings is 1. The van der Waals surface area contributed by atoms with E-state index < -0.39 is 0 Å². The van der Waals surface area contributed by atoms with Crippen LogP contribution in [0.1, 0.15) is 35.3 Å². The van der Waals surface area contributed by atoms with Crippen molar-refractivity contribution in [2.75, 3.05) is 44.2 Å². The van der Waals surface area contributed by atoms with Gasteiger partial charge in [-0.2, -0.15) is 0 Å². The van der Waals surface area contributed by atoms with E-state index in [9.17, 15) is 4.79 Å². The van der Waals surface area contributed by atoms with E-state index in [4.69, 9.17) is 4.74 Å². The highest BCUT2D eigenvalue weighted by Crippen LogP contribution is 2.19. The maximum absolute atomic E-state index is 13.0. The largest absolute Gasteiger partial charge is 0.373 e. The van der Waals surface area contributed by atoms with Gasteiger partial charge in [0.2, 0.25) is 0 Å². The highest BCUT2D eigenvalue weighted by molar-refractivity contribution is 5.94. The Morgan fingerprint density at radius 3 is 2.27 bits per heavy atom. The lowest BCUT2D eigenvalue weighted by atomic mass is 10.1. The number of morpholine rings is 1. The second kappa shape index (κ2) is 9.19. The predicted molar refractivity (Wildman–Crippen MR) is 121 cm³/mol. The Morgan fingerprint density at radius 2 is 1.63 bits per heavy atom. The summed E-state index contributed by atoms with van der Waals surface area (Å²) >= 11 is 0. The molecule has 160 valence electrons. The standard InChI is InChI=1S/C25H33N3O2/c1-19-5-4-6-24(15-19)27-11-13-28(14-12-27)25(29)23-9-7-22(8-10-23)18-26-16-20(2)30-21(3)17-26/h4-10,15,20-21H,11-14,16-18H2,1-3H3/t20-,21+. The van der Waals surface area contributed by atoms with E-state index in [0.29, 0.717) is 0 Å². The quantitative estimate of drug-likeness (QED) is 0.776. The van der Waals surface area contributed by atoms with Crippen LogP contribution in [0.3, 0.4) is 0 Å². The third kappa shape index (κ3) is 5.02. The Balaban J connectivity index is 1.32. The van der Waals surface area contributed by atoms with Crippen LogP contribution in [0.2, 0.25) is 0 Å². The van der Waals surface area contributed by atoms with Gasteiger partial charge in [-0.25, -0.2) is 0 Å². The summed E-state index contributed by atoms with van der Waals surface area (Å²) in [5, 5.41) is 0. The first-order chi connectivity index (χ1) is 14.5. The molecule has 2 aliphatic rings. The number of carbonyl (C=O) groups excluding carboxylic acids is 1. The van der Waals surface area contributed by atoms with Crippen molar-refractivity contribution in [3.05, 3.63) is 65.2 Å². The van der Waals surface area contributed by atoms with Crippen LogP contribution in [0.25, 0.3) is 0 Å². The van der Waals surface area contributed by atoms with Gasteiger partial charge in [-0.1, -0.05) is 24.3 Å². The third-order valence-corrected chi connectivity index (χ3v) is 6.04. The maximum Gasteiger partial charge on any atom is 0.253 e. The van der Waals surface area contributed by atoms with Crippen LogP contribution in [-0.4, -0.2) is 67.2 Å². The van der Waals surface area contributed by atoms with Crippen molar-refractivity contribution in [2.24, 2.45) is 0 Å². The van der Waals surface area contributed by atoms with E-state index in [1.54, 1.807) is 0 Å². The van der Waals surface area contributed by atoms with Crippen molar-refractivity contribution in [1.29, 1.82) is 0 Å². The molecule has 0 N–H and O–H groups in total. The lowest BCUT2D eigenvalue weighted by Crippen LogP contribution is -2.48. The summed E-state index contributed by atoms with van der Waals surface area (Å²) in [6, 6.07) is 16.7. The van der Waals surface area contributed by atoms with E-state index in [-0.39, 0.29) is 18.1 Å². The number of anilines is 1. The number of nitrogens with zero attached hydrogens (tertiary/aromatic N) is 3. The molecule has 0 bridgehead atoms. The first-order valence-electron chi connectivity index (χ1n) is 11.1. The molecule has 4 rings (SSSR count). The smallest absolute Gasteiger partial charge is 0.253 e. The molecule has 0 saturated carbocycles. The summed E-state index contributed by atoms with van der Waals surface area (Å²) < 4.78 is 5.82. The molecule has 2 aromatic rings. The average Bonchev–Trinajstić information content (AvgIpc) is 2.73. The number of hydrogen-bond donors (Lipinski definition) is 0. The summed E-state index contributed by atoms with van der Waals surface area (Å²) in [7, 11) is 0. The molecule has 2 atom stereocenters. The number of ether oxygens (including phenoxy) is 1. The Bertz CT molecular complexity index is 849. The molecule has 5 heteroatoms. The molecule has 0 spiro atoms. The minimum Gasteiger partial charge on any atom is -0.373 e. The zero-order valence-electron chi connectivity index (χ0n) is 18.4. The lowest BCUT2D eigenvalue weighted by Gasteiger charge is -2.36. The Hall–Kier alpha value is -2.37. The van der Waals surface area contributed by atoms with Crippen LogP contribution in [0, 0.1) is 6.92 Å². The highest BCUT2D eigenvalue weighted by Gasteiger charge is 2.24. The fraction of sp³-hybridized carbons (Fsp3) is 0.480. The number of rotatable bonds is 4. The van der Waals surface area contributed by atoms with Gasteiger partial charge in [0.05, 0.1) is 12.2 Å². The first-order valence-corrected chi connectivity index (χ1v) is 11.1. The summed E-state index contributed by atoms with van der Waals surface area (Å²) in [5.74, 6) is 0.138. The van der Waals surface area contributed by atoms with Crippen LogP contribution in [-0.2, 0) is 11.3 Å². The Morgan fingerprint density at radius 1 is 0.967 bits per heavy atom. The van der Waals surface area contributed by atoms with E-state index in [0.717, 1.165) is 51.4 Å². The third-order valence-electron chi connectivity index (χ3n) is 6.04. The summed E-state index contributed by atoms with van der Waals surface area (Å²) in [6.45, 7) is 12.5. The van der Waals surface area contributed by atoms with Crippen molar-refractivity contribution in [2.45, 2.75) is 39.5 Å². The lowest BCUT2D eigenvalue weighted by molar-refractivity contribution is -0.0704. The zero-order chi connectivity index (χ0) is 21.1. The number of carbonyl (C=O) groups is 1. The average molecular weight is 408 g/mol. The Labute approximate surface area is 180 Å². The second-order valence-electron chi connectivity index (χ2n) is 8.77. The number of aryl methyl sites for hydroxylation is 1. The Kier molecular flexibility index (Phi) is 6.40. The fourth-order valence-electron chi connectivity index (χ4n) is 4.60. The first kappa shape index (κ1) is 20.9. The molecule has 0 unspecified atom stereocenters. The number of benzene rings is 2. The van der Waals surface area contributed by atoms with Crippen LogP contribution in [0.15, 0.2) is 48.5 Å². The molecular weight excluding hydrogens is 374 g/mol. The summed E-state index contributed by atoms with van der Waals surface area (Å²) in [5.41, 5.74) is 4.55. The van der Waals surface area contributed by atoms with Crippen molar-refractivity contribution in [3.8, 4) is 0 Å². The van der Waals surface area contributed by atoms with Crippen LogP contribution in [0.4, 0.5) is 5.69 Å². The van der Waals surface area contributed by atoms with Gasteiger partial charge in [-0.3, -0.25) is 9.69 Å². The molecule has 2 aromatic carbocycles. The number of hydrogen-bond acceptors (Lipinski definition) is 4. The van der Waals surface area contributed by atoms with Crippen molar-refractivity contribution in [3.63, 3.8) is 0 Å². The molecule has 2 aliphatic heterocycles. The van der Waals surface area contributed by atoms with Crippen molar-refractivity contribution in [1.82, 2.24) is 9.80 Å². The fourth-order valence-corrected chi connectivity index (χ4v) is 4.60. The molecule has 0 aromatic heterocycles. The van der Waals surface area contributed by atoms with Gasteiger partial charge in [0.15, 0.2) is 0 Å². The molecule has 2 fully saturated rings. The molecule has 0 radical (unpaired) electrons. The molecule has 1 amide bonds. The molecule has 2 saturated heterocycles. The minimum atomic E-state index is 0.138. The van der Waals surface area contributed by atoms with Crippen LogP contribution in [0.5, 0.6) is 0 Å². The monoisotopic (exact) mass is 407 g/mol. The van der Waals surface area contributed by atoms with E-state index in [2.05, 4.69) is 67.0 Å². The molecule has 2 heterocycles. The summed E-state index contributed by atoms with van der Waals surface area (Å²) in [6.07, 6.45) is 0.543. The van der Waals surface area contributed by atoms with E-state index >= 15 is 0 Å². The van der Waals surface area contributed by atoms with Crippen LogP contribution < -0.4 is 4.90 Å². The van der Waals surface area contributed by atoms with E-state index in [1.807, 2.05) is 17.0 Å². The van der Waals surface area contributed by atoms with Gasteiger partial charge in [0.1, 0.15) is 0 Å². The van der Waals surface area contributed by atoms with Gasteiger partial charge in [-0.15, -0.1) is 0 Å². The van der Waals surface area contributed by atoms with Gasteiger partial charge in [0, 0.05) is 57.1 Å². The molecule has 30 heavy (non-hydrogen) atoms.